The van der Waals surface area contributed by atoms with E-state index in [0.29, 0.717) is 12.5 Å². The van der Waals surface area contributed by atoms with E-state index in [4.69, 9.17) is 0 Å². The molecule has 0 aromatic heterocycles. The number of alkyl halides is 3. The second kappa shape index (κ2) is 4.86. The number of halogens is 4. The summed E-state index contributed by atoms with van der Waals surface area (Å²) in [5.41, 5.74) is -1.65. The summed E-state index contributed by atoms with van der Waals surface area (Å²) in [6, 6.07) is 2.49. The number of carbonyl (C=O) groups is 1. The maximum Gasteiger partial charge on any atom is 0.419 e. The third kappa shape index (κ3) is 2.72. The Labute approximate surface area is 115 Å². The molecule has 1 saturated carbocycles. The van der Waals surface area contributed by atoms with Gasteiger partial charge in [-0.3, -0.25) is 4.79 Å². The zero-order valence-corrected chi connectivity index (χ0v) is 11.4. The Morgan fingerprint density at radius 3 is 2.45 bits per heavy atom. The largest absolute Gasteiger partial charge is 0.419 e. The first-order chi connectivity index (χ1) is 9.13. The number of rotatable bonds is 2. The van der Waals surface area contributed by atoms with Crippen molar-refractivity contribution in [3.8, 4) is 0 Å². The molecular formula is C15H16F4O. The van der Waals surface area contributed by atoms with Crippen molar-refractivity contribution >= 4 is 5.78 Å². The van der Waals surface area contributed by atoms with Gasteiger partial charge in [-0.2, -0.15) is 13.2 Å². The lowest BCUT2D eigenvalue weighted by atomic mass is 9.77. The lowest BCUT2D eigenvalue weighted by molar-refractivity contribution is -0.140. The molecule has 1 aromatic rings. The lowest BCUT2D eigenvalue weighted by Gasteiger charge is -2.26. The Balaban J connectivity index is 2.37. The average Bonchev–Trinajstić information content (AvgIpc) is 2.67. The van der Waals surface area contributed by atoms with Crippen molar-refractivity contribution in [2.75, 3.05) is 0 Å². The number of hydrogen-bond acceptors (Lipinski definition) is 1. The Bertz CT molecular complexity index is 531. The minimum Gasteiger partial charge on any atom is -0.294 e. The average molecular weight is 288 g/mol. The summed E-state index contributed by atoms with van der Waals surface area (Å²) in [4.78, 5) is 12.4. The molecule has 1 nitrogen and oxygen atoms in total. The van der Waals surface area contributed by atoms with Gasteiger partial charge in [0.2, 0.25) is 0 Å². The van der Waals surface area contributed by atoms with Crippen LogP contribution in [-0.4, -0.2) is 5.78 Å². The van der Waals surface area contributed by atoms with E-state index in [2.05, 4.69) is 0 Å². The molecule has 0 N–H and O–H groups in total. The van der Waals surface area contributed by atoms with Gasteiger partial charge in [0, 0.05) is 11.5 Å². The summed E-state index contributed by atoms with van der Waals surface area (Å²) in [7, 11) is 0. The fourth-order valence-corrected chi connectivity index (χ4v) is 2.91. The summed E-state index contributed by atoms with van der Waals surface area (Å²) < 4.78 is 51.2. The van der Waals surface area contributed by atoms with Gasteiger partial charge < -0.3 is 0 Å². The zero-order valence-electron chi connectivity index (χ0n) is 11.4. The Morgan fingerprint density at radius 2 is 1.95 bits per heavy atom. The molecule has 5 heteroatoms. The molecular weight excluding hydrogens is 272 g/mol. The first-order valence-electron chi connectivity index (χ1n) is 6.54. The maximum atomic E-state index is 13.2. The van der Waals surface area contributed by atoms with Crippen LogP contribution in [0.15, 0.2) is 18.2 Å². The van der Waals surface area contributed by atoms with Gasteiger partial charge in [0.05, 0.1) is 5.56 Å². The molecule has 0 amide bonds. The van der Waals surface area contributed by atoms with Crippen LogP contribution in [0.1, 0.15) is 49.0 Å². The van der Waals surface area contributed by atoms with Gasteiger partial charge in [0.25, 0.3) is 0 Å². The highest BCUT2D eigenvalue weighted by atomic mass is 19.4. The molecule has 0 bridgehead atoms. The van der Waals surface area contributed by atoms with Crippen LogP contribution in [0.4, 0.5) is 17.6 Å². The number of Topliss-reactive ketones (excluding diaryl/α,β-unsaturated/α-hetero) is 1. The van der Waals surface area contributed by atoms with Gasteiger partial charge in [-0.05, 0) is 36.5 Å². The molecule has 1 aromatic carbocycles. The predicted octanol–water partition coefficient (Wildman–Crippen LogP) is 4.85. The van der Waals surface area contributed by atoms with Gasteiger partial charge in [-0.25, -0.2) is 4.39 Å². The quantitative estimate of drug-likeness (QED) is 0.561. The van der Waals surface area contributed by atoms with E-state index in [9.17, 15) is 22.4 Å². The molecule has 1 aliphatic rings. The van der Waals surface area contributed by atoms with E-state index >= 15 is 0 Å². The first-order valence-corrected chi connectivity index (χ1v) is 6.54. The molecule has 0 heterocycles. The fraction of sp³-hybridized carbons (Fsp3) is 0.533. The molecule has 110 valence electrons. The Kier molecular flexibility index (Phi) is 3.65. The van der Waals surface area contributed by atoms with Crippen LogP contribution in [0, 0.1) is 17.2 Å². The van der Waals surface area contributed by atoms with Crippen molar-refractivity contribution in [3.05, 3.63) is 35.1 Å². The second-order valence-corrected chi connectivity index (χ2v) is 5.99. The predicted molar refractivity (Wildman–Crippen MR) is 66.9 cm³/mol. The maximum absolute atomic E-state index is 13.2. The van der Waals surface area contributed by atoms with Gasteiger partial charge >= 0.3 is 6.18 Å². The number of ketones is 1. The van der Waals surface area contributed by atoms with E-state index in [1.54, 1.807) is 0 Å². The lowest BCUT2D eigenvalue weighted by Crippen LogP contribution is -2.26. The van der Waals surface area contributed by atoms with Crippen LogP contribution in [0.5, 0.6) is 0 Å². The van der Waals surface area contributed by atoms with Crippen molar-refractivity contribution in [2.24, 2.45) is 11.3 Å². The summed E-state index contributed by atoms with van der Waals surface area (Å²) >= 11 is 0. The summed E-state index contributed by atoms with van der Waals surface area (Å²) in [5.74, 6) is -1.97. The summed E-state index contributed by atoms with van der Waals surface area (Å²) in [6.45, 7) is 3.88. The third-order valence-electron chi connectivity index (χ3n) is 4.13. The topological polar surface area (TPSA) is 17.1 Å². The van der Waals surface area contributed by atoms with E-state index < -0.39 is 17.6 Å². The molecule has 0 radical (unpaired) electrons. The van der Waals surface area contributed by atoms with Crippen LogP contribution in [0.25, 0.3) is 0 Å². The van der Waals surface area contributed by atoms with E-state index in [-0.39, 0.29) is 22.7 Å². The van der Waals surface area contributed by atoms with Crippen LogP contribution >= 0.6 is 0 Å². The Hall–Kier alpha value is -1.39. The summed E-state index contributed by atoms with van der Waals surface area (Å²) in [5, 5.41) is 0. The van der Waals surface area contributed by atoms with Gasteiger partial charge in [-0.15, -0.1) is 0 Å². The van der Waals surface area contributed by atoms with E-state index in [0.717, 1.165) is 25.0 Å². The van der Waals surface area contributed by atoms with Crippen molar-refractivity contribution in [2.45, 2.75) is 39.3 Å². The fourth-order valence-electron chi connectivity index (χ4n) is 2.91. The standard InChI is InChI=1S/C15H16F4O/c1-14(2)7-3-4-10(14)13(20)9-5-6-12(16)11(8-9)15(17,18)19/h5-6,8,10H,3-4,7H2,1-2H3. The monoisotopic (exact) mass is 288 g/mol. The molecule has 0 spiro atoms. The van der Waals surface area contributed by atoms with Gasteiger partial charge in [0.15, 0.2) is 5.78 Å². The molecule has 1 fully saturated rings. The van der Waals surface area contributed by atoms with Crippen molar-refractivity contribution in [1.29, 1.82) is 0 Å². The third-order valence-corrected chi connectivity index (χ3v) is 4.13. The minimum absolute atomic E-state index is 0.0568. The molecule has 2 rings (SSSR count). The van der Waals surface area contributed by atoms with Crippen molar-refractivity contribution in [3.63, 3.8) is 0 Å². The highest BCUT2D eigenvalue weighted by Crippen LogP contribution is 2.44. The SMILES string of the molecule is CC1(C)CCCC1C(=O)c1ccc(F)c(C(F)(F)F)c1. The first kappa shape index (κ1) is 15.0. The van der Waals surface area contributed by atoms with Crippen LogP contribution in [-0.2, 0) is 6.18 Å². The number of hydrogen-bond donors (Lipinski definition) is 0. The van der Waals surface area contributed by atoms with Crippen molar-refractivity contribution < 1.29 is 22.4 Å². The molecule has 1 aliphatic carbocycles. The van der Waals surface area contributed by atoms with Crippen LogP contribution in [0.3, 0.4) is 0 Å². The molecule has 0 saturated heterocycles. The highest BCUT2D eigenvalue weighted by molar-refractivity contribution is 5.98. The van der Waals surface area contributed by atoms with Crippen LogP contribution < -0.4 is 0 Å². The van der Waals surface area contributed by atoms with Gasteiger partial charge in [-0.1, -0.05) is 20.3 Å². The second-order valence-electron chi connectivity index (χ2n) is 5.99. The molecule has 20 heavy (non-hydrogen) atoms. The minimum atomic E-state index is -4.79. The van der Waals surface area contributed by atoms with E-state index in [1.807, 2.05) is 13.8 Å². The smallest absolute Gasteiger partial charge is 0.294 e. The van der Waals surface area contributed by atoms with Crippen molar-refractivity contribution in [1.82, 2.24) is 0 Å². The van der Waals surface area contributed by atoms with Gasteiger partial charge in [0.1, 0.15) is 5.82 Å². The van der Waals surface area contributed by atoms with Crippen LogP contribution in [0.2, 0.25) is 0 Å². The normalized spacial score (nSPS) is 22.0. The van der Waals surface area contributed by atoms with E-state index in [1.165, 1.54) is 0 Å². The number of carbonyl (C=O) groups excluding carboxylic acids is 1. The zero-order chi connectivity index (χ0) is 15.1. The molecule has 0 aliphatic heterocycles. The number of benzene rings is 1. The molecule has 1 atom stereocenters. The molecule has 1 unspecified atom stereocenters. The Morgan fingerprint density at radius 1 is 1.30 bits per heavy atom. The summed E-state index contributed by atoms with van der Waals surface area (Å²) in [6.07, 6.45) is -2.36. The highest BCUT2D eigenvalue weighted by Gasteiger charge is 2.40.